The zero-order chi connectivity index (χ0) is 19.5. The molecule has 0 atom stereocenters. The molecular formula is C7F15O. The number of hydrogen-bond acceptors (Lipinski definition) is 0. The van der Waals surface area contributed by atoms with E-state index in [1.807, 2.05) is 0 Å². The molecule has 0 aliphatic rings. The van der Waals surface area contributed by atoms with Gasteiger partial charge in [-0.25, -0.2) is 0 Å². The minimum absolute atomic E-state index is 7.41. The van der Waals surface area contributed by atoms with Crippen molar-refractivity contribution in [3.05, 3.63) is 0 Å². The molecule has 0 amide bonds. The molecule has 0 unspecified atom stereocenters. The van der Waals surface area contributed by atoms with Gasteiger partial charge in [0.25, 0.3) is 0 Å². The first kappa shape index (κ1) is 21.9. The third-order valence-electron chi connectivity index (χ3n) is 2.30. The molecule has 0 aromatic heterocycles. The van der Waals surface area contributed by atoms with Crippen LogP contribution in [0.5, 0.6) is 0 Å². The van der Waals surface area contributed by atoms with Crippen LogP contribution >= 0.6 is 0 Å². The predicted octanol–water partition coefficient (Wildman–Crippen LogP) is 4.75. The van der Waals surface area contributed by atoms with Gasteiger partial charge in [0, 0.05) is 0 Å². The molecule has 0 saturated carbocycles. The fraction of sp³-hybridized carbons (Fsp3) is 1.00. The highest BCUT2D eigenvalue weighted by molar-refractivity contribution is 5.11. The van der Waals surface area contributed by atoms with Crippen LogP contribution in [0.4, 0.5) is 65.9 Å². The van der Waals surface area contributed by atoms with Gasteiger partial charge in [0.05, 0.1) is 0 Å². The van der Waals surface area contributed by atoms with Gasteiger partial charge in [0.15, 0.2) is 0 Å². The molecule has 23 heavy (non-hydrogen) atoms. The number of rotatable bonds is 5. The van der Waals surface area contributed by atoms with Crippen molar-refractivity contribution in [3.8, 4) is 0 Å². The quantitative estimate of drug-likeness (QED) is 0.609. The Morgan fingerprint density at radius 2 is 0.565 bits per heavy atom. The van der Waals surface area contributed by atoms with Crippen molar-refractivity contribution < 1.29 is 71.0 Å². The smallest absolute Gasteiger partial charge is 0.192 e. The van der Waals surface area contributed by atoms with Crippen LogP contribution in [0.15, 0.2) is 0 Å². The van der Waals surface area contributed by atoms with Crippen LogP contribution in [-0.2, 0) is 5.11 Å². The second-order valence-corrected chi connectivity index (χ2v) is 3.89. The Morgan fingerprint density at radius 3 is 0.783 bits per heavy atom. The summed E-state index contributed by atoms with van der Waals surface area (Å²) in [5.74, 6) is -40.9. The van der Waals surface area contributed by atoms with Crippen molar-refractivity contribution in [3.63, 3.8) is 0 Å². The normalized spacial score (nSPS) is 16.7. The lowest BCUT2D eigenvalue weighted by Crippen LogP contribution is -2.72. The molecule has 0 aliphatic heterocycles. The largest absolute Gasteiger partial charge is 0.460 e. The maximum Gasteiger partial charge on any atom is 0.460 e. The SMILES string of the molecule is [O]C(F)(F)C(F)(F)C(F)(F)C(F)(F)C(F)(F)C(F)(F)C(F)(F)F. The molecule has 1 nitrogen and oxygen atoms in total. The second kappa shape index (κ2) is 4.95. The van der Waals surface area contributed by atoms with Gasteiger partial charge in [-0.1, -0.05) is 0 Å². The first-order chi connectivity index (χ1) is 9.50. The third-order valence-corrected chi connectivity index (χ3v) is 2.30. The highest BCUT2D eigenvalue weighted by Crippen LogP contribution is 2.61. The van der Waals surface area contributed by atoms with E-state index in [0.717, 1.165) is 0 Å². The summed E-state index contributed by atoms with van der Waals surface area (Å²) in [5, 5.41) is 9.44. The number of halogens is 15. The molecule has 0 N–H and O–H groups in total. The summed E-state index contributed by atoms with van der Waals surface area (Å²) in [5.41, 5.74) is 0. The Hall–Kier alpha value is -1.09. The lowest BCUT2D eigenvalue weighted by Gasteiger charge is -2.39. The first-order valence-corrected chi connectivity index (χ1v) is 4.54. The van der Waals surface area contributed by atoms with Gasteiger partial charge in [0.1, 0.15) is 0 Å². The lowest BCUT2D eigenvalue weighted by molar-refractivity contribution is -0.475. The maximum atomic E-state index is 12.6. The summed E-state index contributed by atoms with van der Waals surface area (Å²) in [6.45, 7) is 0. The van der Waals surface area contributed by atoms with Crippen LogP contribution in [0, 0.1) is 0 Å². The Kier molecular flexibility index (Phi) is 4.72. The zero-order valence-electron chi connectivity index (χ0n) is 9.58. The van der Waals surface area contributed by atoms with E-state index >= 15 is 0 Å². The topological polar surface area (TPSA) is 19.9 Å². The first-order valence-electron chi connectivity index (χ1n) is 4.54. The molecule has 0 heterocycles. The van der Waals surface area contributed by atoms with E-state index in [4.69, 9.17) is 0 Å². The van der Waals surface area contributed by atoms with Crippen molar-refractivity contribution in [2.75, 3.05) is 0 Å². The molecule has 0 bridgehead atoms. The van der Waals surface area contributed by atoms with Crippen LogP contribution in [0.1, 0.15) is 0 Å². The van der Waals surface area contributed by atoms with E-state index in [2.05, 4.69) is 0 Å². The summed E-state index contributed by atoms with van der Waals surface area (Å²) < 4.78 is 182. The van der Waals surface area contributed by atoms with Crippen molar-refractivity contribution in [2.45, 2.75) is 41.9 Å². The fourth-order valence-corrected chi connectivity index (χ4v) is 0.952. The van der Waals surface area contributed by atoms with Crippen LogP contribution in [-0.4, -0.2) is 41.9 Å². The highest BCUT2D eigenvalue weighted by atomic mass is 19.4. The Morgan fingerprint density at radius 1 is 0.348 bits per heavy atom. The number of hydrogen-bond donors (Lipinski definition) is 0. The summed E-state index contributed by atoms with van der Waals surface area (Å²) >= 11 is 0. The van der Waals surface area contributed by atoms with Gasteiger partial charge >= 0.3 is 41.9 Å². The average molecular weight is 385 g/mol. The van der Waals surface area contributed by atoms with E-state index in [9.17, 15) is 71.0 Å². The van der Waals surface area contributed by atoms with E-state index in [-0.39, 0.29) is 0 Å². The number of alkyl halides is 15. The van der Waals surface area contributed by atoms with Crippen LogP contribution in [0.3, 0.4) is 0 Å². The van der Waals surface area contributed by atoms with Crippen LogP contribution < -0.4 is 0 Å². The standard InChI is InChI=1S/C7F15O/c8-1(9,2(10,11)4(14,15)6(18,19)20)3(12,13)5(16,17)7(21,22)23. The lowest BCUT2D eigenvalue weighted by atomic mass is 9.93. The van der Waals surface area contributed by atoms with Crippen molar-refractivity contribution in [1.29, 1.82) is 0 Å². The summed E-state index contributed by atoms with van der Waals surface area (Å²) in [4.78, 5) is 0. The summed E-state index contributed by atoms with van der Waals surface area (Å²) in [6.07, 6.45) is -15.1. The molecule has 0 spiro atoms. The molecule has 1 radical (unpaired) electrons. The molecule has 0 saturated heterocycles. The molecule has 0 aromatic rings. The molecule has 0 fully saturated rings. The molecule has 0 rings (SSSR count). The van der Waals surface area contributed by atoms with Crippen molar-refractivity contribution >= 4 is 0 Å². The van der Waals surface area contributed by atoms with Gasteiger partial charge in [0.2, 0.25) is 0 Å². The second-order valence-electron chi connectivity index (χ2n) is 3.89. The average Bonchev–Trinajstić information content (AvgIpc) is 2.24. The monoisotopic (exact) mass is 385 g/mol. The van der Waals surface area contributed by atoms with Crippen molar-refractivity contribution in [1.82, 2.24) is 0 Å². The Labute approximate surface area is 114 Å². The Bertz CT molecular complexity index is 400. The molecule has 139 valence electrons. The van der Waals surface area contributed by atoms with Crippen LogP contribution in [0.25, 0.3) is 0 Å². The van der Waals surface area contributed by atoms with E-state index < -0.39 is 41.9 Å². The van der Waals surface area contributed by atoms with E-state index in [1.54, 1.807) is 0 Å². The summed E-state index contributed by atoms with van der Waals surface area (Å²) in [7, 11) is 0. The zero-order valence-corrected chi connectivity index (χ0v) is 9.58. The van der Waals surface area contributed by atoms with Gasteiger partial charge in [-0.2, -0.15) is 71.0 Å². The minimum atomic E-state index is -8.39. The summed E-state index contributed by atoms with van der Waals surface area (Å²) in [6, 6.07) is 0. The maximum absolute atomic E-state index is 12.6. The molecule has 16 heteroatoms. The molecule has 0 aliphatic carbocycles. The van der Waals surface area contributed by atoms with Crippen LogP contribution in [0.2, 0.25) is 0 Å². The fourth-order valence-electron chi connectivity index (χ4n) is 0.952. The van der Waals surface area contributed by atoms with Gasteiger partial charge in [-0.15, -0.1) is 0 Å². The molecular weight excluding hydrogens is 385 g/mol. The minimum Gasteiger partial charge on any atom is -0.192 e. The Balaban J connectivity index is 6.37. The predicted molar refractivity (Wildman–Crippen MR) is 36.4 cm³/mol. The van der Waals surface area contributed by atoms with Crippen molar-refractivity contribution in [2.24, 2.45) is 0 Å². The van der Waals surface area contributed by atoms with Gasteiger partial charge < -0.3 is 0 Å². The van der Waals surface area contributed by atoms with E-state index in [0.29, 0.717) is 0 Å². The van der Waals surface area contributed by atoms with Gasteiger partial charge in [-0.05, 0) is 0 Å². The molecule has 0 aromatic carbocycles. The van der Waals surface area contributed by atoms with Gasteiger partial charge in [-0.3, -0.25) is 0 Å². The highest BCUT2D eigenvalue weighted by Gasteiger charge is 2.93. The third kappa shape index (κ3) is 2.67. The van der Waals surface area contributed by atoms with E-state index in [1.165, 1.54) is 0 Å².